The maximum atomic E-state index is 12.2. The van der Waals surface area contributed by atoms with Crippen LogP contribution in [0.25, 0.3) is 0 Å². The van der Waals surface area contributed by atoms with Gasteiger partial charge in [0.25, 0.3) is 5.91 Å². The Labute approximate surface area is 129 Å². The van der Waals surface area contributed by atoms with Crippen molar-refractivity contribution in [2.75, 3.05) is 12.3 Å². The molecule has 0 aliphatic carbocycles. The van der Waals surface area contributed by atoms with Crippen molar-refractivity contribution in [3.05, 3.63) is 46.2 Å². The van der Waals surface area contributed by atoms with E-state index in [-0.39, 0.29) is 5.91 Å². The Morgan fingerprint density at radius 1 is 1.48 bits per heavy atom. The molecule has 21 heavy (non-hydrogen) atoms. The van der Waals surface area contributed by atoms with Gasteiger partial charge in [-0.05, 0) is 38.0 Å². The number of anilines is 1. The Morgan fingerprint density at radius 3 is 2.90 bits per heavy atom. The van der Waals surface area contributed by atoms with E-state index in [0.717, 1.165) is 5.56 Å². The van der Waals surface area contributed by atoms with Crippen LogP contribution in [0.2, 0.25) is 5.02 Å². The number of hydrogen-bond acceptors (Lipinski definition) is 3. The Bertz CT molecular complexity index is 651. The van der Waals surface area contributed by atoms with E-state index < -0.39 is 0 Å². The number of aryl methyl sites for hydroxylation is 2. The van der Waals surface area contributed by atoms with Crippen molar-refractivity contribution < 1.29 is 4.79 Å². The predicted octanol–water partition coefficient (Wildman–Crippen LogP) is 2.42. The monoisotopic (exact) mass is 306 g/mol. The third kappa shape index (κ3) is 3.55. The van der Waals surface area contributed by atoms with Gasteiger partial charge in [0.05, 0.1) is 11.4 Å². The van der Waals surface area contributed by atoms with Crippen molar-refractivity contribution in [2.45, 2.75) is 26.8 Å². The molecule has 1 amide bonds. The van der Waals surface area contributed by atoms with Gasteiger partial charge in [-0.3, -0.25) is 9.48 Å². The molecule has 0 atom stereocenters. The molecule has 0 unspecified atom stereocenters. The van der Waals surface area contributed by atoms with E-state index in [4.69, 9.17) is 17.3 Å². The van der Waals surface area contributed by atoms with Crippen LogP contribution in [0.1, 0.15) is 28.7 Å². The van der Waals surface area contributed by atoms with Crippen molar-refractivity contribution in [3.63, 3.8) is 0 Å². The van der Waals surface area contributed by atoms with E-state index in [2.05, 4.69) is 10.4 Å². The highest BCUT2D eigenvalue weighted by molar-refractivity contribution is 6.30. The summed E-state index contributed by atoms with van der Waals surface area (Å²) in [6.45, 7) is 4.85. The first-order valence-electron chi connectivity index (χ1n) is 6.88. The highest BCUT2D eigenvalue weighted by Gasteiger charge is 2.18. The zero-order valence-electron chi connectivity index (χ0n) is 12.2. The third-order valence-electron chi connectivity index (χ3n) is 3.28. The van der Waals surface area contributed by atoms with E-state index in [0.29, 0.717) is 41.6 Å². The summed E-state index contributed by atoms with van der Waals surface area (Å²) >= 11 is 5.93. The van der Waals surface area contributed by atoms with Crippen molar-refractivity contribution in [3.8, 4) is 0 Å². The Hall–Kier alpha value is -2.01. The van der Waals surface area contributed by atoms with E-state index >= 15 is 0 Å². The Morgan fingerprint density at radius 2 is 2.24 bits per heavy atom. The van der Waals surface area contributed by atoms with Gasteiger partial charge in [-0.25, -0.2) is 0 Å². The summed E-state index contributed by atoms with van der Waals surface area (Å²) in [7, 11) is 0. The van der Waals surface area contributed by atoms with E-state index in [1.165, 1.54) is 0 Å². The minimum atomic E-state index is -0.197. The predicted molar refractivity (Wildman–Crippen MR) is 84.5 cm³/mol. The number of carbonyl (C=O) groups excluding carboxylic acids is 1. The molecule has 1 aromatic heterocycles. The molecule has 0 saturated carbocycles. The van der Waals surface area contributed by atoms with Gasteiger partial charge in [0.15, 0.2) is 0 Å². The first-order valence-corrected chi connectivity index (χ1v) is 7.26. The minimum Gasteiger partial charge on any atom is -0.395 e. The molecule has 5 nitrogen and oxygen atoms in total. The molecule has 1 aromatic carbocycles. The first-order chi connectivity index (χ1) is 10.0. The summed E-state index contributed by atoms with van der Waals surface area (Å²) in [5, 5.41) is 7.81. The fourth-order valence-electron chi connectivity index (χ4n) is 2.16. The molecule has 0 spiro atoms. The van der Waals surface area contributed by atoms with Crippen molar-refractivity contribution in [1.82, 2.24) is 15.1 Å². The number of aromatic nitrogens is 2. The van der Waals surface area contributed by atoms with Crippen LogP contribution in [0, 0.1) is 6.92 Å². The number of carbonyl (C=O) groups is 1. The molecule has 0 aliphatic heterocycles. The first kappa shape index (κ1) is 15.4. The largest absolute Gasteiger partial charge is 0.395 e. The summed E-state index contributed by atoms with van der Waals surface area (Å²) in [5.74, 6) is -0.197. The second-order valence-electron chi connectivity index (χ2n) is 4.80. The summed E-state index contributed by atoms with van der Waals surface area (Å²) in [6, 6.07) is 7.59. The van der Waals surface area contributed by atoms with Crippen LogP contribution >= 0.6 is 11.6 Å². The molecule has 0 saturated heterocycles. The van der Waals surface area contributed by atoms with E-state index in [9.17, 15) is 4.79 Å². The maximum Gasteiger partial charge on any atom is 0.271 e. The average Bonchev–Trinajstić information content (AvgIpc) is 2.74. The topological polar surface area (TPSA) is 72.9 Å². The molecule has 0 aliphatic rings. The van der Waals surface area contributed by atoms with Gasteiger partial charge in [-0.15, -0.1) is 0 Å². The fourth-order valence-corrected chi connectivity index (χ4v) is 2.37. The van der Waals surface area contributed by atoms with Crippen LogP contribution in [-0.2, 0) is 13.0 Å². The van der Waals surface area contributed by atoms with Crippen LogP contribution in [0.15, 0.2) is 24.3 Å². The van der Waals surface area contributed by atoms with Gasteiger partial charge in [-0.2, -0.15) is 5.10 Å². The lowest BCUT2D eigenvalue weighted by Crippen LogP contribution is -2.28. The van der Waals surface area contributed by atoms with Crippen LogP contribution in [-0.4, -0.2) is 22.2 Å². The van der Waals surface area contributed by atoms with Crippen LogP contribution < -0.4 is 11.1 Å². The Kier molecular flexibility index (Phi) is 4.85. The molecular formula is C15H19ClN4O. The lowest BCUT2D eigenvalue weighted by molar-refractivity contribution is 0.0944. The lowest BCUT2D eigenvalue weighted by atomic mass is 10.1. The number of nitrogen functional groups attached to an aromatic ring is 1. The van der Waals surface area contributed by atoms with E-state index in [1.54, 1.807) is 11.6 Å². The molecule has 0 radical (unpaired) electrons. The van der Waals surface area contributed by atoms with Gasteiger partial charge in [0, 0.05) is 18.1 Å². The normalized spacial score (nSPS) is 10.6. The average molecular weight is 307 g/mol. The quantitative estimate of drug-likeness (QED) is 0.891. The second kappa shape index (κ2) is 6.63. The molecule has 112 valence electrons. The molecule has 1 heterocycles. The highest BCUT2D eigenvalue weighted by atomic mass is 35.5. The molecule has 2 rings (SSSR count). The maximum absolute atomic E-state index is 12.2. The summed E-state index contributed by atoms with van der Waals surface area (Å²) in [5.41, 5.74) is 8.55. The summed E-state index contributed by atoms with van der Waals surface area (Å²) in [6.07, 6.45) is 0.714. The fraction of sp³-hybridized carbons (Fsp3) is 0.333. The molecular weight excluding hydrogens is 288 g/mol. The number of amides is 1. The van der Waals surface area contributed by atoms with Crippen LogP contribution in [0.3, 0.4) is 0 Å². The van der Waals surface area contributed by atoms with Gasteiger partial charge >= 0.3 is 0 Å². The van der Waals surface area contributed by atoms with Crippen LogP contribution in [0.5, 0.6) is 0 Å². The van der Waals surface area contributed by atoms with E-state index in [1.807, 2.05) is 31.2 Å². The number of halogens is 1. The van der Waals surface area contributed by atoms with Gasteiger partial charge < -0.3 is 11.1 Å². The van der Waals surface area contributed by atoms with Gasteiger partial charge in [0.1, 0.15) is 5.69 Å². The number of nitrogens with one attached hydrogen (secondary N) is 1. The number of hydrogen-bond donors (Lipinski definition) is 2. The molecule has 6 heteroatoms. The van der Waals surface area contributed by atoms with Crippen LogP contribution in [0.4, 0.5) is 5.69 Å². The Balaban J connectivity index is 1.99. The highest BCUT2D eigenvalue weighted by Crippen LogP contribution is 2.16. The van der Waals surface area contributed by atoms with Crippen molar-refractivity contribution >= 4 is 23.2 Å². The lowest BCUT2D eigenvalue weighted by Gasteiger charge is -2.08. The zero-order valence-corrected chi connectivity index (χ0v) is 12.9. The smallest absolute Gasteiger partial charge is 0.271 e. The molecule has 0 fully saturated rings. The molecule has 2 aromatic rings. The number of nitrogens with zero attached hydrogens (tertiary/aromatic N) is 2. The standard InChI is InChI=1S/C15H19ClN4O/c1-3-20-14(13(17)10(2)19-20)15(21)18-8-7-11-5-4-6-12(16)9-11/h4-6,9H,3,7-8,17H2,1-2H3,(H,18,21). The zero-order chi connectivity index (χ0) is 15.4. The second-order valence-corrected chi connectivity index (χ2v) is 5.24. The minimum absolute atomic E-state index is 0.197. The van der Waals surface area contributed by atoms with Crippen molar-refractivity contribution in [1.29, 1.82) is 0 Å². The summed E-state index contributed by atoms with van der Waals surface area (Å²) in [4.78, 5) is 12.2. The number of nitrogens with two attached hydrogens (primary N) is 1. The molecule has 0 bridgehead atoms. The molecule has 3 N–H and O–H groups in total. The van der Waals surface area contributed by atoms with Gasteiger partial charge in [0.2, 0.25) is 0 Å². The van der Waals surface area contributed by atoms with Crippen molar-refractivity contribution in [2.24, 2.45) is 0 Å². The number of rotatable bonds is 5. The SMILES string of the molecule is CCn1nc(C)c(N)c1C(=O)NCCc1cccc(Cl)c1. The third-order valence-corrected chi connectivity index (χ3v) is 3.51. The number of benzene rings is 1. The summed E-state index contributed by atoms with van der Waals surface area (Å²) < 4.78 is 1.62. The van der Waals surface area contributed by atoms with Gasteiger partial charge in [-0.1, -0.05) is 23.7 Å².